The molecule has 3 nitrogen and oxygen atoms in total. The lowest BCUT2D eigenvalue weighted by molar-refractivity contribution is -0.124. The summed E-state index contributed by atoms with van der Waals surface area (Å²) in [6.07, 6.45) is 6.51. The highest BCUT2D eigenvalue weighted by atomic mass is 16.5. The number of aryl methyl sites for hydroxylation is 1. The molecule has 0 aliphatic heterocycles. The third-order valence-corrected chi connectivity index (χ3v) is 3.89. The summed E-state index contributed by atoms with van der Waals surface area (Å²) in [5, 5.41) is 3.04. The van der Waals surface area contributed by atoms with Crippen molar-refractivity contribution in [2.75, 3.05) is 13.2 Å². The van der Waals surface area contributed by atoms with Gasteiger partial charge in [-0.2, -0.15) is 0 Å². The van der Waals surface area contributed by atoms with Gasteiger partial charge in [-0.15, -0.1) is 0 Å². The molecule has 1 saturated carbocycles. The van der Waals surface area contributed by atoms with Gasteiger partial charge in [0.1, 0.15) is 5.75 Å². The first-order chi connectivity index (χ1) is 9.75. The molecule has 20 heavy (non-hydrogen) atoms. The summed E-state index contributed by atoms with van der Waals surface area (Å²) in [6, 6.07) is 8.10. The molecule has 1 N–H and O–H groups in total. The van der Waals surface area contributed by atoms with E-state index in [9.17, 15) is 4.79 Å². The Morgan fingerprint density at radius 1 is 1.20 bits per heavy atom. The highest BCUT2D eigenvalue weighted by Gasteiger charge is 2.21. The zero-order valence-corrected chi connectivity index (χ0v) is 12.4. The molecule has 2 rings (SSSR count). The number of rotatable bonds is 7. The van der Waals surface area contributed by atoms with E-state index in [2.05, 4.69) is 24.4 Å². The van der Waals surface area contributed by atoms with Crippen molar-refractivity contribution in [3.8, 4) is 5.75 Å². The van der Waals surface area contributed by atoms with Crippen LogP contribution in [0, 0.1) is 12.8 Å². The fraction of sp³-hybridized carbons (Fsp3) is 0.588. The fourth-order valence-corrected chi connectivity index (χ4v) is 2.60. The molecule has 1 amide bonds. The number of ether oxygens (including phenoxy) is 1. The number of unbranched alkanes of at least 4 members (excludes halogenated alkanes) is 1. The second kappa shape index (κ2) is 7.93. The van der Waals surface area contributed by atoms with E-state index >= 15 is 0 Å². The predicted molar refractivity (Wildman–Crippen MR) is 80.9 cm³/mol. The van der Waals surface area contributed by atoms with Gasteiger partial charge in [0.05, 0.1) is 6.61 Å². The van der Waals surface area contributed by atoms with Crippen molar-refractivity contribution in [3.05, 3.63) is 29.8 Å². The molecule has 1 aromatic carbocycles. The molecule has 0 unspecified atom stereocenters. The maximum absolute atomic E-state index is 11.8. The van der Waals surface area contributed by atoms with Crippen molar-refractivity contribution in [1.29, 1.82) is 0 Å². The Balaban J connectivity index is 1.51. The smallest absolute Gasteiger partial charge is 0.223 e. The van der Waals surface area contributed by atoms with Gasteiger partial charge >= 0.3 is 0 Å². The van der Waals surface area contributed by atoms with Crippen LogP contribution in [0.25, 0.3) is 0 Å². The second-order valence-corrected chi connectivity index (χ2v) is 5.64. The molecular formula is C17H25NO2. The van der Waals surface area contributed by atoms with Crippen molar-refractivity contribution in [3.63, 3.8) is 0 Å². The summed E-state index contributed by atoms with van der Waals surface area (Å²) < 4.78 is 5.66. The molecule has 1 fully saturated rings. The van der Waals surface area contributed by atoms with Crippen LogP contribution >= 0.6 is 0 Å². The predicted octanol–water partition coefficient (Wildman–Crippen LogP) is 3.46. The number of carbonyl (C=O) groups excluding carboxylic acids is 1. The van der Waals surface area contributed by atoms with E-state index in [0.717, 1.165) is 38.0 Å². The van der Waals surface area contributed by atoms with Crippen molar-refractivity contribution in [2.24, 2.45) is 5.92 Å². The van der Waals surface area contributed by atoms with E-state index in [1.54, 1.807) is 0 Å². The van der Waals surface area contributed by atoms with E-state index in [1.807, 2.05) is 12.1 Å². The highest BCUT2D eigenvalue weighted by molar-refractivity contribution is 5.78. The lowest BCUT2D eigenvalue weighted by atomic mass is 10.1. The Bertz CT molecular complexity index is 408. The molecule has 0 heterocycles. The Morgan fingerprint density at radius 3 is 2.60 bits per heavy atom. The second-order valence-electron chi connectivity index (χ2n) is 5.64. The molecule has 0 radical (unpaired) electrons. The quantitative estimate of drug-likeness (QED) is 0.774. The standard InChI is InChI=1S/C17H25NO2/c1-14-8-10-16(11-9-14)20-13-5-4-12-18-17(19)15-6-2-3-7-15/h8-11,15H,2-7,12-13H2,1H3,(H,18,19). The zero-order valence-electron chi connectivity index (χ0n) is 12.4. The van der Waals surface area contributed by atoms with Crippen LogP contribution in [0.15, 0.2) is 24.3 Å². The largest absolute Gasteiger partial charge is 0.494 e. The van der Waals surface area contributed by atoms with Crippen LogP contribution in [-0.2, 0) is 4.79 Å². The van der Waals surface area contributed by atoms with Crippen LogP contribution in [0.1, 0.15) is 44.1 Å². The van der Waals surface area contributed by atoms with Gasteiger partial charge < -0.3 is 10.1 Å². The maximum Gasteiger partial charge on any atom is 0.223 e. The van der Waals surface area contributed by atoms with Crippen molar-refractivity contribution in [2.45, 2.75) is 45.4 Å². The number of hydrogen-bond acceptors (Lipinski definition) is 2. The van der Waals surface area contributed by atoms with E-state index in [4.69, 9.17) is 4.74 Å². The molecule has 1 aromatic rings. The summed E-state index contributed by atoms with van der Waals surface area (Å²) in [5.41, 5.74) is 1.24. The monoisotopic (exact) mass is 275 g/mol. The molecule has 0 atom stereocenters. The lowest BCUT2D eigenvalue weighted by Gasteiger charge is -2.10. The first kappa shape index (κ1) is 14.9. The Morgan fingerprint density at radius 2 is 1.90 bits per heavy atom. The van der Waals surface area contributed by atoms with Crippen LogP contribution in [0.2, 0.25) is 0 Å². The van der Waals surface area contributed by atoms with Gasteiger partial charge in [-0.3, -0.25) is 4.79 Å². The van der Waals surface area contributed by atoms with Crippen LogP contribution in [0.5, 0.6) is 5.75 Å². The van der Waals surface area contributed by atoms with Crippen molar-refractivity contribution >= 4 is 5.91 Å². The average molecular weight is 275 g/mol. The minimum Gasteiger partial charge on any atom is -0.494 e. The molecule has 0 bridgehead atoms. The van der Waals surface area contributed by atoms with Crippen LogP contribution < -0.4 is 10.1 Å². The van der Waals surface area contributed by atoms with Gasteiger partial charge in [-0.05, 0) is 44.7 Å². The van der Waals surface area contributed by atoms with Crippen LogP contribution in [-0.4, -0.2) is 19.1 Å². The Kier molecular flexibility index (Phi) is 5.90. The summed E-state index contributed by atoms with van der Waals surface area (Å²) in [4.78, 5) is 11.8. The number of benzene rings is 1. The van der Waals surface area contributed by atoms with Crippen molar-refractivity contribution in [1.82, 2.24) is 5.32 Å². The molecular weight excluding hydrogens is 250 g/mol. The van der Waals surface area contributed by atoms with E-state index in [0.29, 0.717) is 6.61 Å². The molecule has 1 aliphatic carbocycles. The van der Waals surface area contributed by atoms with E-state index in [-0.39, 0.29) is 11.8 Å². The van der Waals surface area contributed by atoms with E-state index < -0.39 is 0 Å². The lowest BCUT2D eigenvalue weighted by Crippen LogP contribution is -2.30. The SMILES string of the molecule is Cc1ccc(OCCCCNC(=O)C2CCCC2)cc1. The summed E-state index contributed by atoms with van der Waals surface area (Å²) in [6.45, 7) is 3.55. The summed E-state index contributed by atoms with van der Waals surface area (Å²) in [5.74, 6) is 1.45. The minimum atomic E-state index is 0.252. The normalized spacial score (nSPS) is 15.2. The summed E-state index contributed by atoms with van der Waals surface area (Å²) in [7, 11) is 0. The Hall–Kier alpha value is -1.51. The average Bonchev–Trinajstić information content (AvgIpc) is 2.98. The van der Waals surface area contributed by atoms with Crippen LogP contribution in [0.4, 0.5) is 0 Å². The first-order valence-electron chi connectivity index (χ1n) is 7.73. The molecule has 0 aromatic heterocycles. The molecule has 0 saturated heterocycles. The van der Waals surface area contributed by atoms with Gasteiger partial charge in [-0.25, -0.2) is 0 Å². The van der Waals surface area contributed by atoms with E-state index in [1.165, 1.54) is 18.4 Å². The van der Waals surface area contributed by atoms with Gasteiger partial charge in [-0.1, -0.05) is 30.5 Å². The molecule has 0 spiro atoms. The molecule has 3 heteroatoms. The highest BCUT2D eigenvalue weighted by Crippen LogP contribution is 2.24. The van der Waals surface area contributed by atoms with Gasteiger partial charge in [0.2, 0.25) is 5.91 Å². The zero-order chi connectivity index (χ0) is 14.2. The third-order valence-electron chi connectivity index (χ3n) is 3.89. The topological polar surface area (TPSA) is 38.3 Å². The number of hydrogen-bond donors (Lipinski definition) is 1. The number of carbonyl (C=O) groups is 1. The van der Waals surface area contributed by atoms with Crippen LogP contribution in [0.3, 0.4) is 0 Å². The molecule has 110 valence electrons. The number of nitrogens with one attached hydrogen (secondary N) is 1. The van der Waals surface area contributed by atoms with Gasteiger partial charge in [0.25, 0.3) is 0 Å². The van der Waals surface area contributed by atoms with Crippen molar-refractivity contribution < 1.29 is 9.53 Å². The maximum atomic E-state index is 11.8. The van der Waals surface area contributed by atoms with Gasteiger partial charge in [0.15, 0.2) is 0 Å². The number of amides is 1. The fourth-order valence-electron chi connectivity index (χ4n) is 2.60. The minimum absolute atomic E-state index is 0.252. The van der Waals surface area contributed by atoms with Gasteiger partial charge in [0, 0.05) is 12.5 Å². The molecule has 1 aliphatic rings. The Labute approximate surface area is 121 Å². The first-order valence-corrected chi connectivity index (χ1v) is 7.73. The third kappa shape index (κ3) is 4.87. The summed E-state index contributed by atoms with van der Waals surface area (Å²) >= 11 is 0.